The molecule has 2 heterocycles. The lowest BCUT2D eigenvalue weighted by Crippen LogP contribution is -2.50. The minimum atomic E-state index is -4.33. The first-order chi connectivity index (χ1) is 18.0. The molecule has 202 valence electrons. The van der Waals surface area contributed by atoms with Gasteiger partial charge in [-0.2, -0.15) is 0 Å². The highest BCUT2D eigenvalue weighted by Crippen LogP contribution is 2.59. The smallest absolute Gasteiger partial charge is 0.270 e. The van der Waals surface area contributed by atoms with E-state index in [0.717, 1.165) is 48.0 Å². The molecule has 3 aromatic rings. The molecule has 1 aliphatic heterocycles. The molecule has 1 saturated heterocycles. The van der Waals surface area contributed by atoms with Gasteiger partial charge in [0.05, 0.1) is 25.2 Å². The molecule has 11 nitrogen and oxygen atoms in total. The van der Waals surface area contributed by atoms with E-state index in [9.17, 15) is 21.9 Å². The molecule has 0 atom stereocenters. The molecule has 3 aliphatic rings. The van der Waals surface area contributed by atoms with Gasteiger partial charge < -0.3 is 24.0 Å². The first kappa shape index (κ1) is 25.0. The zero-order chi connectivity index (χ0) is 27.0. The standard InChI is InChI=1S/C25H27N3O8S2/c1-34-20-9-16(37(3,30)31)10-21(35-2)23(20)38(32,33)27-24-18-11-25(6-7-25)19-5-4-14(28-12-15(29)13-28)8-17(19)22(18)36-26-24/h4-5,8-10,15,29H,6-7,11-13H2,1-3H3,(H,26,27). The summed E-state index contributed by atoms with van der Waals surface area (Å²) in [5, 5.41) is 13.8. The van der Waals surface area contributed by atoms with Crippen LogP contribution in [0.2, 0.25) is 0 Å². The third-order valence-electron chi connectivity index (χ3n) is 7.57. The molecular formula is C25H27N3O8S2. The number of aliphatic hydroxyl groups is 1. The van der Waals surface area contributed by atoms with Gasteiger partial charge in [0.25, 0.3) is 10.0 Å². The third kappa shape index (κ3) is 3.91. The number of methoxy groups -OCH3 is 2. The lowest BCUT2D eigenvalue weighted by atomic mass is 9.79. The predicted molar refractivity (Wildman–Crippen MR) is 138 cm³/mol. The number of anilines is 2. The van der Waals surface area contributed by atoms with Gasteiger partial charge in [0.1, 0.15) is 11.5 Å². The number of hydrogen-bond donors (Lipinski definition) is 2. The van der Waals surface area contributed by atoms with Gasteiger partial charge in [-0.15, -0.1) is 0 Å². The number of aromatic nitrogens is 1. The van der Waals surface area contributed by atoms with E-state index in [0.29, 0.717) is 30.8 Å². The van der Waals surface area contributed by atoms with Gasteiger partial charge in [-0.25, -0.2) is 16.8 Å². The maximum absolute atomic E-state index is 13.6. The number of β-amino-alcohol motifs (C(OH)–C–C–N with tert-alkyl or cyclic N) is 1. The Kier molecular flexibility index (Phi) is 5.50. The summed E-state index contributed by atoms with van der Waals surface area (Å²) in [6.07, 6.45) is 3.17. The first-order valence-electron chi connectivity index (χ1n) is 12.0. The van der Waals surface area contributed by atoms with E-state index in [-0.39, 0.29) is 38.6 Å². The number of nitrogens with zero attached hydrogens (tertiary/aromatic N) is 2. The molecule has 2 N–H and O–H groups in total. The summed E-state index contributed by atoms with van der Waals surface area (Å²) < 4.78 is 70.2. The molecule has 13 heteroatoms. The number of rotatable bonds is 7. The van der Waals surface area contributed by atoms with E-state index in [2.05, 4.69) is 26.9 Å². The van der Waals surface area contributed by atoms with Crippen molar-refractivity contribution in [1.29, 1.82) is 0 Å². The fourth-order valence-corrected chi connectivity index (χ4v) is 7.33. The molecule has 2 aliphatic carbocycles. The SMILES string of the molecule is COc1cc(S(C)(=O)=O)cc(OC)c1S(=O)(=O)Nc1noc2c1CC1(CC1)c1ccc(N3CC(O)C3)cc1-2. The molecule has 0 radical (unpaired) electrons. The summed E-state index contributed by atoms with van der Waals surface area (Å²) in [6.45, 7) is 1.11. The van der Waals surface area contributed by atoms with Crippen LogP contribution >= 0.6 is 0 Å². The number of aliphatic hydroxyl groups excluding tert-OH is 1. The van der Waals surface area contributed by atoms with Gasteiger partial charge in [0.15, 0.2) is 26.3 Å². The molecule has 0 unspecified atom stereocenters. The number of sulfone groups is 1. The van der Waals surface area contributed by atoms with Gasteiger partial charge in [0.2, 0.25) is 0 Å². The van der Waals surface area contributed by atoms with Crippen molar-refractivity contribution < 1.29 is 35.9 Å². The minimum absolute atomic E-state index is 0.0676. The Bertz CT molecular complexity index is 1650. The monoisotopic (exact) mass is 561 g/mol. The third-order valence-corrected chi connectivity index (χ3v) is 10.1. The quantitative estimate of drug-likeness (QED) is 0.440. The average Bonchev–Trinajstić information content (AvgIpc) is 3.52. The van der Waals surface area contributed by atoms with Crippen molar-refractivity contribution in [3.8, 4) is 22.8 Å². The second kappa shape index (κ2) is 8.35. The summed E-state index contributed by atoms with van der Waals surface area (Å²) in [4.78, 5) is 1.58. The maximum Gasteiger partial charge on any atom is 0.270 e. The van der Waals surface area contributed by atoms with Crippen molar-refractivity contribution in [3.63, 3.8) is 0 Å². The van der Waals surface area contributed by atoms with Gasteiger partial charge in [-0.05, 0) is 37.0 Å². The van der Waals surface area contributed by atoms with Crippen molar-refractivity contribution in [2.24, 2.45) is 0 Å². The number of sulfonamides is 1. The topological polar surface area (TPSA) is 148 Å². The van der Waals surface area contributed by atoms with Crippen LogP contribution in [0.3, 0.4) is 0 Å². The van der Waals surface area contributed by atoms with Crippen LogP contribution in [0.15, 0.2) is 44.6 Å². The van der Waals surface area contributed by atoms with Gasteiger partial charge in [-0.3, -0.25) is 4.72 Å². The number of benzene rings is 2. The molecule has 0 amide bonds. The normalized spacial score (nSPS) is 17.9. The molecule has 1 spiro atoms. The Hall–Kier alpha value is -3.29. The zero-order valence-corrected chi connectivity index (χ0v) is 22.6. The molecular weight excluding hydrogens is 534 g/mol. The van der Waals surface area contributed by atoms with Gasteiger partial charge in [0, 0.05) is 53.7 Å². The van der Waals surface area contributed by atoms with Crippen LogP contribution in [-0.4, -0.2) is 66.8 Å². The predicted octanol–water partition coefficient (Wildman–Crippen LogP) is 2.33. The van der Waals surface area contributed by atoms with E-state index in [1.807, 2.05) is 6.07 Å². The van der Waals surface area contributed by atoms with Crippen LogP contribution < -0.4 is 19.1 Å². The number of fused-ring (bicyclic) bond motifs is 4. The second-order valence-corrected chi connectivity index (χ2v) is 13.8. The van der Waals surface area contributed by atoms with Crippen LogP contribution in [0.25, 0.3) is 11.3 Å². The summed E-state index contributed by atoms with van der Waals surface area (Å²) in [5.74, 6) is 0.211. The van der Waals surface area contributed by atoms with Gasteiger partial charge in [-0.1, -0.05) is 11.2 Å². The fourth-order valence-electron chi connectivity index (χ4n) is 5.35. The van der Waals surface area contributed by atoms with E-state index in [1.54, 1.807) is 0 Å². The van der Waals surface area contributed by atoms with Gasteiger partial charge >= 0.3 is 0 Å². The molecule has 2 aromatic carbocycles. The highest BCUT2D eigenvalue weighted by atomic mass is 32.2. The highest BCUT2D eigenvalue weighted by molar-refractivity contribution is 7.93. The summed E-state index contributed by atoms with van der Waals surface area (Å²) >= 11 is 0. The van der Waals surface area contributed by atoms with Crippen LogP contribution in [0.1, 0.15) is 24.0 Å². The molecule has 6 rings (SSSR count). The molecule has 0 bridgehead atoms. The largest absolute Gasteiger partial charge is 0.495 e. The van der Waals surface area contributed by atoms with Crippen molar-refractivity contribution in [2.75, 3.05) is 43.2 Å². The maximum atomic E-state index is 13.6. The highest BCUT2D eigenvalue weighted by Gasteiger charge is 2.51. The van der Waals surface area contributed by atoms with Crippen LogP contribution in [0.5, 0.6) is 11.5 Å². The summed E-state index contributed by atoms with van der Waals surface area (Å²) in [7, 11) is -5.49. The second-order valence-electron chi connectivity index (χ2n) is 10.1. The fraction of sp³-hybridized carbons (Fsp3) is 0.400. The zero-order valence-electron chi connectivity index (χ0n) is 21.0. The summed E-state index contributed by atoms with van der Waals surface area (Å²) in [6, 6.07) is 8.45. The van der Waals surface area contributed by atoms with Crippen LogP contribution in [-0.2, 0) is 31.7 Å². The Labute approximate surface area is 220 Å². The van der Waals surface area contributed by atoms with E-state index < -0.39 is 19.9 Å². The number of ether oxygens (including phenoxy) is 2. The number of hydrogen-bond acceptors (Lipinski definition) is 10. The Morgan fingerprint density at radius 1 is 1.08 bits per heavy atom. The first-order valence-corrected chi connectivity index (χ1v) is 15.4. The Morgan fingerprint density at radius 2 is 1.74 bits per heavy atom. The van der Waals surface area contributed by atoms with Crippen LogP contribution in [0, 0.1) is 0 Å². The lowest BCUT2D eigenvalue weighted by Gasteiger charge is -2.38. The molecule has 1 aromatic heterocycles. The van der Waals surface area contributed by atoms with Crippen LogP contribution in [0.4, 0.5) is 11.5 Å². The Balaban J connectivity index is 1.41. The molecule has 1 saturated carbocycles. The van der Waals surface area contributed by atoms with E-state index >= 15 is 0 Å². The van der Waals surface area contributed by atoms with Crippen molar-refractivity contribution in [2.45, 2.75) is 40.6 Å². The average molecular weight is 562 g/mol. The lowest BCUT2D eigenvalue weighted by molar-refractivity contribution is 0.142. The number of nitrogens with one attached hydrogen (secondary N) is 1. The van der Waals surface area contributed by atoms with E-state index in [4.69, 9.17) is 14.0 Å². The van der Waals surface area contributed by atoms with Crippen molar-refractivity contribution in [3.05, 3.63) is 41.5 Å². The van der Waals surface area contributed by atoms with Crippen molar-refractivity contribution >= 4 is 31.4 Å². The summed E-state index contributed by atoms with van der Waals surface area (Å²) in [5.41, 5.74) is 3.53. The molecule has 2 fully saturated rings. The molecule has 38 heavy (non-hydrogen) atoms. The minimum Gasteiger partial charge on any atom is -0.495 e. The van der Waals surface area contributed by atoms with Crippen molar-refractivity contribution in [1.82, 2.24) is 5.16 Å². The Morgan fingerprint density at radius 3 is 2.29 bits per heavy atom. The van der Waals surface area contributed by atoms with E-state index in [1.165, 1.54) is 14.2 Å².